The molecule has 0 saturated heterocycles. The second-order valence-electron chi connectivity index (χ2n) is 5.53. The second-order valence-corrected chi connectivity index (χ2v) is 11.1. The summed E-state index contributed by atoms with van der Waals surface area (Å²) in [6, 6.07) is 0. The molecule has 4 heteroatoms. The molecule has 2 unspecified atom stereocenters. The van der Waals surface area contributed by atoms with Crippen molar-refractivity contribution in [3.05, 3.63) is 0 Å². The van der Waals surface area contributed by atoms with Crippen LogP contribution in [-0.4, -0.2) is 30.4 Å². The van der Waals surface area contributed by atoms with E-state index in [1.165, 1.54) is 0 Å². The summed E-state index contributed by atoms with van der Waals surface area (Å²) in [6.07, 6.45) is -0.770. The van der Waals surface area contributed by atoms with Crippen LogP contribution >= 0.6 is 0 Å². The average Bonchev–Trinajstić information content (AvgIpc) is 1.79. The van der Waals surface area contributed by atoms with Crippen molar-refractivity contribution in [2.45, 2.75) is 57.5 Å². The molecule has 0 heterocycles. The predicted octanol–water partition coefficient (Wildman–Crippen LogP) is 2.33. The molecule has 0 bridgehead atoms. The van der Waals surface area contributed by atoms with Gasteiger partial charge in [0.1, 0.15) is 0 Å². The SMILES string of the molecule is CC(O)C(C(=O)O)[Si](C)(C)C(C)(C)C. The molecule has 3 nitrogen and oxygen atoms in total. The Morgan fingerprint density at radius 3 is 1.71 bits per heavy atom. The Morgan fingerprint density at radius 2 is 1.64 bits per heavy atom. The molecule has 0 aliphatic rings. The van der Waals surface area contributed by atoms with E-state index >= 15 is 0 Å². The third-order valence-electron chi connectivity index (χ3n) is 3.46. The summed E-state index contributed by atoms with van der Waals surface area (Å²) in [5, 5.41) is 18.6. The molecule has 0 aliphatic heterocycles. The monoisotopic (exact) mass is 218 g/mol. The van der Waals surface area contributed by atoms with Gasteiger partial charge in [0.15, 0.2) is 0 Å². The fraction of sp³-hybridized carbons (Fsp3) is 0.900. The number of rotatable bonds is 3. The van der Waals surface area contributed by atoms with Crippen molar-refractivity contribution in [3.8, 4) is 0 Å². The van der Waals surface area contributed by atoms with Crippen molar-refractivity contribution in [3.63, 3.8) is 0 Å². The Morgan fingerprint density at radius 1 is 1.29 bits per heavy atom. The molecule has 0 aliphatic carbocycles. The first-order chi connectivity index (χ1) is 6.01. The Kier molecular flexibility index (Phi) is 3.92. The van der Waals surface area contributed by atoms with Gasteiger partial charge in [-0.05, 0) is 12.0 Å². The van der Waals surface area contributed by atoms with Gasteiger partial charge < -0.3 is 10.2 Å². The van der Waals surface area contributed by atoms with Crippen LogP contribution in [0.2, 0.25) is 23.7 Å². The minimum absolute atomic E-state index is 0.0208. The molecular weight excluding hydrogens is 196 g/mol. The van der Waals surface area contributed by atoms with E-state index in [1.54, 1.807) is 6.92 Å². The molecular formula is C10H22O3Si. The van der Waals surface area contributed by atoms with E-state index in [0.717, 1.165) is 0 Å². The normalized spacial score (nSPS) is 17.6. The Hall–Kier alpha value is -0.353. The zero-order chi connectivity index (χ0) is 11.7. The molecule has 0 fully saturated rings. The average molecular weight is 218 g/mol. The first kappa shape index (κ1) is 13.6. The highest BCUT2D eigenvalue weighted by Crippen LogP contribution is 2.44. The van der Waals surface area contributed by atoms with Gasteiger partial charge in [-0.2, -0.15) is 0 Å². The van der Waals surface area contributed by atoms with Crippen LogP contribution in [0.1, 0.15) is 27.7 Å². The third-order valence-corrected chi connectivity index (χ3v) is 9.61. The molecule has 2 atom stereocenters. The largest absolute Gasteiger partial charge is 0.481 e. The van der Waals surface area contributed by atoms with Crippen molar-refractivity contribution >= 4 is 14.0 Å². The molecule has 0 amide bonds. The maximum atomic E-state index is 11.1. The van der Waals surface area contributed by atoms with Gasteiger partial charge in [0, 0.05) is 0 Å². The summed E-state index contributed by atoms with van der Waals surface area (Å²) in [7, 11) is -2.01. The minimum atomic E-state index is -2.01. The zero-order valence-electron chi connectivity index (χ0n) is 9.96. The van der Waals surface area contributed by atoms with Crippen molar-refractivity contribution in [2.24, 2.45) is 0 Å². The number of aliphatic carboxylic acids is 1. The summed E-state index contributed by atoms with van der Waals surface area (Å²) in [6.45, 7) is 11.8. The highest BCUT2D eigenvalue weighted by Gasteiger charge is 2.47. The maximum Gasteiger partial charge on any atom is 0.306 e. The zero-order valence-corrected chi connectivity index (χ0v) is 11.0. The number of hydrogen-bond acceptors (Lipinski definition) is 2. The summed E-state index contributed by atoms with van der Waals surface area (Å²) in [4.78, 5) is 11.1. The molecule has 0 saturated carbocycles. The van der Waals surface area contributed by atoms with E-state index < -0.39 is 25.7 Å². The van der Waals surface area contributed by atoms with Crippen LogP contribution in [0.4, 0.5) is 0 Å². The molecule has 0 aromatic rings. The molecule has 0 aromatic carbocycles. The van der Waals surface area contributed by atoms with E-state index in [2.05, 4.69) is 20.8 Å². The van der Waals surface area contributed by atoms with Gasteiger partial charge >= 0.3 is 5.97 Å². The highest BCUT2D eigenvalue weighted by atomic mass is 28.3. The van der Waals surface area contributed by atoms with Gasteiger partial charge in [-0.3, -0.25) is 4.79 Å². The molecule has 0 spiro atoms. The molecule has 2 N–H and O–H groups in total. The lowest BCUT2D eigenvalue weighted by atomic mass is 10.2. The fourth-order valence-corrected chi connectivity index (χ4v) is 4.34. The van der Waals surface area contributed by atoms with Crippen molar-refractivity contribution in [1.82, 2.24) is 0 Å². The van der Waals surface area contributed by atoms with Crippen LogP contribution in [0.5, 0.6) is 0 Å². The Balaban J connectivity index is 5.11. The lowest BCUT2D eigenvalue weighted by Crippen LogP contribution is -2.49. The Bertz CT molecular complexity index is 216. The number of aliphatic hydroxyl groups is 1. The minimum Gasteiger partial charge on any atom is -0.481 e. The van der Waals surface area contributed by atoms with Gasteiger partial charge in [0.05, 0.1) is 19.7 Å². The first-order valence-corrected chi connectivity index (χ1v) is 8.00. The van der Waals surface area contributed by atoms with Crippen LogP contribution in [0, 0.1) is 0 Å². The summed E-state index contributed by atoms with van der Waals surface area (Å²) >= 11 is 0. The van der Waals surface area contributed by atoms with E-state index in [9.17, 15) is 9.90 Å². The number of carbonyl (C=O) groups is 1. The topological polar surface area (TPSA) is 57.5 Å². The highest BCUT2D eigenvalue weighted by molar-refractivity contribution is 6.84. The molecule has 84 valence electrons. The Labute approximate surface area is 87.2 Å². The standard InChI is InChI=1S/C10H22O3Si/c1-7(11)8(9(12)13)14(5,6)10(2,3)4/h7-8,11H,1-6H3,(H,12,13). The summed E-state index contributed by atoms with van der Waals surface area (Å²) < 4.78 is 0. The molecule has 0 radical (unpaired) electrons. The molecule has 0 rings (SSSR count). The van der Waals surface area contributed by atoms with Crippen molar-refractivity contribution in [1.29, 1.82) is 0 Å². The predicted molar refractivity (Wildman–Crippen MR) is 60.3 cm³/mol. The van der Waals surface area contributed by atoms with E-state index in [0.29, 0.717) is 0 Å². The van der Waals surface area contributed by atoms with Crippen molar-refractivity contribution < 1.29 is 15.0 Å². The van der Waals surface area contributed by atoms with Crippen molar-refractivity contribution in [2.75, 3.05) is 0 Å². The third kappa shape index (κ3) is 2.57. The molecule has 14 heavy (non-hydrogen) atoms. The first-order valence-electron chi connectivity index (χ1n) is 4.92. The van der Waals surface area contributed by atoms with E-state index in [1.807, 2.05) is 13.1 Å². The van der Waals surface area contributed by atoms with Gasteiger partial charge in [-0.15, -0.1) is 0 Å². The number of carboxylic acid groups (broad SMARTS) is 1. The van der Waals surface area contributed by atoms with Gasteiger partial charge in [-0.1, -0.05) is 33.9 Å². The number of hydrogen-bond donors (Lipinski definition) is 2. The van der Waals surface area contributed by atoms with Crippen LogP contribution < -0.4 is 0 Å². The van der Waals surface area contributed by atoms with Gasteiger partial charge in [0.25, 0.3) is 0 Å². The summed E-state index contributed by atoms with van der Waals surface area (Å²) in [5.41, 5.74) is -0.595. The molecule has 0 aromatic heterocycles. The van der Waals surface area contributed by atoms with E-state index in [4.69, 9.17) is 5.11 Å². The van der Waals surface area contributed by atoms with Gasteiger partial charge in [-0.25, -0.2) is 0 Å². The fourth-order valence-electron chi connectivity index (χ4n) is 1.58. The van der Waals surface area contributed by atoms with Crippen LogP contribution in [0.3, 0.4) is 0 Å². The smallest absolute Gasteiger partial charge is 0.306 e. The van der Waals surface area contributed by atoms with Gasteiger partial charge in [0.2, 0.25) is 0 Å². The van der Waals surface area contributed by atoms with Crippen LogP contribution in [0.25, 0.3) is 0 Å². The number of carboxylic acids is 1. The van der Waals surface area contributed by atoms with Crippen LogP contribution in [0.15, 0.2) is 0 Å². The second kappa shape index (κ2) is 4.02. The van der Waals surface area contributed by atoms with Crippen LogP contribution in [-0.2, 0) is 4.79 Å². The summed E-state index contributed by atoms with van der Waals surface area (Å²) in [5.74, 6) is -0.869. The lowest BCUT2D eigenvalue weighted by Gasteiger charge is -2.42. The number of aliphatic hydroxyl groups excluding tert-OH is 1. The maximum absolute atomic E-state index is 11.1. The lowest BCUT2D eigenvalue weighted by molar-refractivity contribution is -0.139. The quantitative estimate of drug-likeness (QED) is 0.715. The van der Waals surface area contributed by atoms with E-state index in [-0.39, 0.29) is 5.04 Å².